The van der Waals surface area contributed by atoms with Gasteiger partial charge in [0.2, 0.25) is 0 Å². The first kappa shape index (κ1) is 14.3. The number of aryl methyl sites for hydroxylation is 1. The number of nitrogens with zero attached hydrogens (tertiary/aromatic N) is 3. The number of halogens is 1. The first-order chi connectivity index (χ1) is 8.00. The van der Waals surface area contributed by atoms with Gasteiger partial charge in [-0.2, -0.15) is 0 Å². The molecule has 0 saturated carbocycles. The van der Waals surface area contributed by atoms with Crippen LogP contribution in [0.3, 0.4) is 0 Å². The molecule has 0 aliphatic carbocycles. The summed E-state index contributed by atoms with van der Waals surface area (Å²) in [6, 6.07) is 4.05. The van der Waals surface area contributed by atoms with Crippen molar-refractivity contribution in [1.29, 1.82) is 0 Å². The molecule has 0 unspecified atom stereocenters. The van der Waals surface area contributed by atoms with Crippen LogP contribution >= 0.6 is 22.9 Å². The van der Waals surface area contributed by atoms with Crippen molar-refractivity contribution in [2.75, 3.05) is 34.7 Å². The Hall–Kier alpha value is -0.740. The smallest absolute Gasteiger partial charge is 0.195 e. The molecule has 96 valence electrons. The van der Waals surface area contributed by atoms with Crippen LogP contribution in [0.15, 0.2) is 17.1 Å². The quantitative estimate of drug-likeness (QED) is 0.477. The summed E-state index contributed by atoms with van der Waals surface area (Å²) in [5.74, 6) is 1.01. The first-order valence-electron chi connectivity index (χ1n) is 5.64. The zero-order valence-corrected chi connectivity index (χ0v) is 12.5. The molecule has 0 amide bonds. The predicted molar refractivity (Wildman–Crippen MR) is 77.3 cm³/mol. The molecule has 1 rings (SSSR count). The number of aliphatic imine (C=N–C) groups is 1. The fraction of sp³-hybridized carbons (Fsp3) is 0.583. The summed E-state index contributed by atoms with van der Waals surface area (Å²) in [5, 5.41) is 0. The van der Waals surface area contributed by atoms with Crippen molar-refractivity contribution in [2.45, 2.75) is 12.8 Å². The van der Waals surface area contributed by atoms with Gasteiger partial charge in [-0.05, 0) is 25.0 Å². The SMILES string of the molecule is CN(C)C(=NCCCc1ccc(Cl)s1)N(C)C. The Bertz CT molecular complexity index is 362. The zero-order valence-electron chi connectivity index (χ0n) is 10.9. The van der Waals surface area contributed by atoms with Crippen molar-refractivity contribution >= 4 is 28.9 Å². The molecule has 1 aromatic heterocycles. The average Bonchev–Trinajstić information content (AvgIpc) is 2.62. The third-order valence-electron chi connectivity index (χ3n) is 2.26. The molecule has 0 radical (unpaired) electrons. The van der Waals surface area contributed by atoms with Gasteiger partial charge in [-0.25, -0.2) is 0 Å². The molecule has 0 saturated heterocycles. The molecule has 1 heterocycles. The van der Waals surface area contributed by atoms with Crippen LogP contribution in [-0.2, 0) is 6.42 Å². The van der Waals surface area contributed by atoms with Gasteiger partial charge in [-0.3, -0.25) is 4.99 Å². The molecular formula is C12H20ClN3S. The van der Waals surface area contributed by atoms with E-state index in [0.29, 0.717) is 0 Å². The number of guanidine groups is 1. The molecule has 1 aromatic rings. The van der Waals surface area contributed by atoms with Crippen molar-refractivity contribution < 1.29 is 0 Å². The summed E-state index contributed by atoms with van der Waals surface area (Å²) < 4.78 is 0.866. The molecule has 5 heteroatoms. The minimum Gasteiger partial charge on any atom is -0.349 e. The highest BCUT2D eigenvalue weighted by Crippen LogP contribution is 2.22. The van der Waals surface area contributed by atoms with Gasteiger partial charge in [-0.1, -0.05) is 11.6 Å². The van der Waals surface area contributed by atoms with Gasteiger partial charge in [0.1, 0.15) is 0 Å². The van der Waals surface area contributed by atoms with Gasteiger partial charge in [-0.15, -0.1) is 11.3 Å². The molecule has 0 N–H and O–H groups in total. The average molecular weight is 274 g/mol. The predicted octanol–water partition coefficient (Wildman–Crippen LogP) is 2.81. The first-order valence-corrected chi connectivity index (χ1v) is 6.83. The zero-order chi connectivity index (χ0) is 12.8. The lowest BCUT2D eigenvalue weighted by atomic mass is 10.3. The van der Waals surface area contributed by atoms with Gasteiger partial charge in [0, 0.05) is 39.6 Å². The second-order valence-corrected chi connectivity index (χ2v) is 6.08. The summed E-state index contributed by atoms with van der Waals surface area (Å²) >= 11 is 7.54. The van der Waals surface area contributed by atoms with Gasteiger partial charge < -0.3 is 9.80 Å². The van der Waals surface area contributed by atoms with Gasteiger partial charge in [0.15, 0.2) is 5.96 Å². The van der Waals surface area contributed by atoms with E-state index in [1.165, 1.54) is 4.88 Å². The molecule has 3 nitrogen and oxygen atoms in total. The van der Waals surface area contributed by atoms with Crippen molar-refractivity contribution in [3.05, 3.63) is 21.3 Å². The summed E-state index contributed by atoms with van der Waals surface area (Å²) in [6.45, 7) is 0.848. The maximum atomic E-state index is 5.88. The molecule has 0 atom stereocenters. The maximum Gasteiger partial charge on any atom is 0.195 e. The van der Waals surface area contributed by atoms with E-state index in [1.807, 2.05) is 44.1 Å². The highest BCUT2D eigenvalue weighted by Gasteiger charge is 2.03. The third kappa shape index (κ3) is 4.96. The fourth-order valence-corrected chi connectivity index (χ4v) is 2.73. The third-order valence-corrected chi connectivity index (χ3v) is 3.55. The largest absolute Gasteiger partial charge is 0.349 e. The Kier molecular flexibility index (Phi) is 5.78. The normalized spacial score (nSPS) is 10.2. The topological polar surface area (TPSA) is 18.8 Å². The van der Waals surface area contributed by atoms with Crippen molar-refractivity contribution in [3.63, 3.8) is 0 Å². The summed E-state index contributed by atoms with van der Waals surface area (Å²) in [4.78, 5) is 9.98. The van der Waals surface area contributed by atoms with Gasteiger partial charge in [0.25, 0.3) is 0 Å². The number of rotatable bonds is 4. The van der Waals surface area contributed by atoms with E-state index in [4.69, 9.17) is 11.6 Å². The Morgan fingerprint density at radius 3 is 2.35 bits per heavy atom. The van der Waals surface area contributed by atoms with E-state index in [1.54, 1.807) is 11.3 Å². The molecular weight excluding hydrogens is 254 g/mol. The lowest BCUT2D eigenvalue weighted by molar-refractivity contribution is 0.479. The maximum absolute atomic E-state index is 5.88. The van der Waals surface area contributed by atoms with Crippen LogP contribution in [0, 0.1) is 0 Å². The van der Waals surface area contributed by atoms with Crippen molar-refractivity contribution in [3.8, 4) is 0 Å². The van der Waals surface area contributed by atoms with Crippen LogP contribution in [0.25, 0.3) is 0 Å². The second kappa shape index (κ2) is 6.87. The van der Waals surface area contributed by atoms with Crippen LogP contribution in [0.1, 0.15) is 11.3 Å². The molecule has 0 aromatic carbocycles. The lowest BCUT2D eigenvalue weighted by Gasteiger charge is -2.22. The molecule has 0 bridgehead atoms. The van der Waals surface area contributed by atoms with Gasteiger partial charge >= 0.3 is 0 Å². The summed E-state index contributed by atoms with van der Waals surface area (Å²) in [5.41, 5.74) is 0. The molecule has 17 heavy (non-hydrogen) atoms. The van der Waals surface area contributed by atoms with E-state index in [-0.39, 0.29) is 0 Å². The highest BCUT2D eigenvalue weighted by atomic mass is 35.5. The van der Waals surface area contributed by atoms with Crippen molar-refractivity contribution in [1.82, 2.24) is 9.80 Å². The number of hydrogen-bond donors (Lipinski definition) is 0. The highest BCUT2D eigenvalue weighted by molar-refractivity contribution is 7.16. The number of thiophene rings is 1. The minimum atomic E-state index is 0.848. The summed E-state index contributed by atoms with van der Waals surface area (Å²) in [6.07, 6.45) is 2.11. The van der Waals surface area contributed by atoms with E-state index in [0.717, 1.165) is 29.7 Å². The Morgan fingerprint density at radius 1 is 1.24 bits per heavy atom. The van der Waals surface area contributed by atoms with Crippen LogP contribution in [0.5, 0.6) is 0 Å². The standard InChI is InChI=1S/C12H20ClN3S/c1-15(2)12(16(3)4)14-9-5-6-10-7-8-11(13)17-10/h7-8H,5-6,9H2,1-4H3. The Balaban J connectivity index is 2.38. The Labute approximate surface area is 113 Å². The van der Waals surface area contributed by atoms with Crippen LogP contribution in [0.4, 0.5) is 0 Å². The van der Waals surface area contributed by atoms with Crippen LogP contribution < -0.4 is 0 Å². The molecule has 0 fully saturated rings. The molecule has 0 aliphatic rings. The van der Waals surface area contributed by atoms with E-state index < -0.39 is 0 Å². The minimum absolute atomic E-state index is 0.848. The monoisotopic (exact) mass is 273 g/mol. The Morgan fingerprint density at radius 2 is 1.88 bits per heavy atom. The van der Waals surface area contributed by atoms with Crippen LogP contribution in [0.2, 0.25) is 4.34 Å². The molecule has 0 spiro atoms. The summed E-state index contributed by atoms with van der Waals surface area (Å²) in [7, 11) is 8.05. The van der Waals surface area contributed by atoms with E-state index >= 15 is 0 Å². The second-order valence-electron chi connectivity index (χ2n) is 4.28. The lowest BCUT2D eigenvalue weighted by Crippen LogP contribution is -2.35. The van der Waals surface area contributed by atoms with E-state index in [9.17, 15) is 0 Å². The molecule has 0 aliphatic heterocycles. The number of hydrogen-bond acceptors (Lipinski definition) is 2. The fourth-order valence-electron chi connectivity index (χ4n) is 1.60. The van der Waals surface area contributed by atoms with Crippen molar-refractivity contribution in [2.24, 2.45) is 4.99 Å². The van der Waals surface area contributed by atoms with Crippen LogP contribution in [-0.4, -0.2) is 50.5 Å². The van der Waals surface area contributed by atoms with E-state index in [2.05, 4.69) is 11.1 Å². The van der Waals surface area contributed by atoms with Gasteiger partial charge in [0.05, 0.1) is 4.34 Å².